The average Bonchev–Trinajstić information content (AvgIpc) is 2.39. The lowest BCUT2D eigenvalue weighted by Gasteiger charge is -2.05. The lowest BCUT2D eigenvalue weighted by Crippen LogP contribution is -1.92. The van der Waals surface area contributed by atoms with E-state index in [4.69, 9.17) is 5.11 Å². The number of aryl methyl sites for hydroxylation is 1. The molecule has 1 N–H and O–H groups in total. The van der Waals surface area contributed by atoms with Crippen molar-refractivity contribution in [2.24, 2.45) is 0 Å². The van der Waals surface area contributed by atoms with E-state index in [-0.39, 0.29) is 24.0 Å². The first-order chi connectivity index (χ1) is 8.42. The zero-order valence-electron chi connectivity index (χ0n) is 10.5. The summed E-state index contributed by atoms with van der Waals surface area (Å²) in [5, 5.41) is 11.3. The summed E-state index contributed by atoms with van der Waals surface area (Å²) < 4.78 is 0. The summed E-state index contributed by atoms with van der Waals surface area (Å²) in [7, 11) is 0. The van der Waals surface area contributed by atoms with Crippen LogP contribution in [0.4, 0.5) is 0 Å². The summed E-state index contributed by atoms with van der Waals surface area (Å²) in [6.45, 7) is 0.312. The van der Waals surface area contributed by atoms with Crippen LogP contribution in [0.25, 0.3) is 10.8 Å². The fourth-order valence-corrected chi connectivity index (χ4v) is 2.14. The molecule has 1 heterocycles. The third kappa shape index (κ3) is 4.21. The standard InChI is InChI=1S/C15H19NO.HI/c17-12-6-2-1-3-9-15-14-8-5-4-7-13(14)10-11-16-15;/h4-5,7-8,10-11,17H,1-3,6,9,12H2;1H. The zero-order chi connectivity index (χ0) is 11.9. The van der Waals surface area contributed by atoms with E-state index in [2.05, 4.69) is 35.3 Å². The summed E-state index contributed by atoms with van der Waals surface area (Å²) in [4.78, 5) is 4.48. The summed E-state index contributed by atoms with van der Waals surface area (Å²) in [5.41, 5.74) is 1.20. The van der Waals surface area contributed by atoms with Crippen molar-refractivity contribution in [1.82, 2.24) is 4.98 Å². The maximum atomic E-state index is 8.71. The maximum absolute atomic E-state index is 8.71. The van der Waals surface area contributed by atoms with Crippen LogP contribution in [0.3, 0.4) is 0 Å². The summed E-state index contributed by atoms with van der Waals surface area (Å²) >= 11 is 0. The minimum atomic E-state index is 0. The molecule has 0 fully saturated rings. The predicted molar refractivity (Wildman–Crippen MR) is 86.4 cm³/mol. The van der Waals surface area contributed by atoms with Crippen LogP contribution in [0.2, 0.25) is 0 Å². The molecule has 0 amide bonds. The van der Waals surface area contributed by atoms with Crippen LogP contribution in [0.5, 0.6) is 0 Å². The number of aliphatic hydroxyl groups is 1. The fraction of sp³-hybridized carbons (Fsp3) is 0.400. The van der Waals surface area contributed by atoms with Crippen LogP contribution in [0, 0.1) is 0 Å². The third-order valence-corrected chi connectivity index (χ3v) is 3.08. The molecule has 0 aliphatic heterocycles. The van der Waals surface area contributed by atoms with Crippen LogP contribution in [-0.4, -0.2) is 16.7 Å². The third-order valence-electron chi connectivity index (χ3n) is 3.08. The topological polar surface area (TPSA) is 33.1 Å². The Labute approximate surface area is 125 Å². The van der Waals surface area contributed by atoms with E-state index in [9.17, 15) is 0 Å². The predicted octanol–water partition coefficient (Wildman–Crippen LogP) is 3.95. The molecule has 98 valence electrons. The van der Waals surface area contributed by atoms with E-state index >= 15 is 0 Å². The Bertz CT molecular complexity index is 468. The largest absolute Gasteiger partial charge is 0.396 e. The van der Waals surface area contributed by atoms with Gasteiger partial charge in [0.25, 0.3) is 0 Å². The molecular weight excluding hydrogens is 337 g/mol. The molecule has 3 heteroatoms. The molecule has 0 unspecified atom stereocenters. The molecule has 0 aliphatic rings. The van der Waals surface area contributed by atoms with Gasteiger partial charge in [-0.15, -0.1) is 24.0 Å². The lowest BCUT2D eigenvalue weighted by molar-refractivity contribution is 0.282. The van der Waals surface area contributed by atoms with Crippen molar-refractivity contribution in [1.29, 1.82) is 0 Å². The van der Waals surface area contributed by atoms with E-state index in [1.807, 2.05) is 6.20 Å². The van der Waals surface area contributed by atoms with Gasteiger partial charge < -0.3 is 5.11 Å². The van der Waals surface area contributed by atoms with Gasteiger partial charge in [-0.05, 0) is 30.7 Å². The van der Waals surface area contributed by atoms with Gasteiger partial charge in [-0.1, -0.05) is 37.1 Å². The molecule has 0 saturated heterocycles. The summed E-state index contributed by atoms with van der Waals surface area (Å²) in [6.07, 6.45) is 7.29. The molecule has 1 aromatic carbocycles. The first-order valence-corrected chi connectivity index (χ1v) is 6.35. The first-order valence-electron chi connectivity index (χ1n) is 6.35. The van der Waals surface area contributed by atoms with Gasteiger partial charge in [-0.3, -0.25) is 4.98 Å². The molecule has 18 heavy (non-hydrogen) atoms. The number of rotatable bonds is 6. The minimum absolute atomic E-state index is 0. The van der Waals surface area contributed by atoms with Crippen LogP contribution in [0.15, 0.2) is 36.5 Å². The molecule has 0 saturated carbocycles. The van der Waals surface area contributed by atoms with Gasteiger partial charge in [0, 0.05) is 23.9 Å². The Balaban J connectivity index is 0.00000162. The Morgan fingerprint density at radius 3 is 2.56 bits per heavy atom. The smallest absolute Gasteiger partial charge is 0.0481 e. The Morgan fingerprint density at radius 1 is 0.944 bits per heavy atom. The number of fused-ring (bicyclic) bond motifs is 1. The highest BCUT2D eigenvalue weighted by Crippen LogP contribution is 2.18. The second kappa shape index (κ2) is 8.43. The van der Waals surface area contributed by atoms with Crippen LogP contribution in [-0.2, 0) is 6.42 Å². The van der Waals surface area contributed by atoms with Gasteiger partial charge in [0.2, 0.25) is 0 Å². The molecule has 2 rings (SSSR count). The molecular formula is C15H20INO. The number of halogens is 1. The van der Waals surface area contributed by atoms with Crippen molar-refractivity contribution < 1.29 is 5.11 Å². The number of hydrogen-bond acceptors (Lipinski definition) is 2. The van der Waals surface area contributed by atoms with Gasteiger partial charge >= 0.3 is 0 Å². The highest BCUT2D eigenvalue weighted by atomic mass is 127. The Kier molecular flexibility index (Phi) is 7.20. The zero-order valence-corrected chi connectivity index (χ0v) is 12.8. The van der Waals surface area contributed by atoms with Gasteiger partial charge in [0.15, 0.2) is 0 Å². The van der Waals surface area contributed by atoms with Gasteiger partial charge in [-0.25, -0.2) is 0 Å². The second-order valence-electron chi connectivity index (χ2n) is 4.37. The molecule has 0 aliphatic carbocycles. The number of nitrogens with zero attached hydrogens (tertiary/aromatic N) is 1. The maximum Gasteiger partial charge on any atom is 0.0481 e. The number of pyridine rings is 1. The number of unbranched alkanes of at least 4 members (excludes halogenated alkanes) is 3. The van der Waals surface area contributed by atoms with Crippen molar-refractivity contribution >= 4 is 34.7 Å². The monoisotopic (exact) mass is 357 g/mol. The normalized spacial score (nSPS) is 10.3. The van der Waals surface area contributed by atoms with Crippen molar-refractivity contribution in [2.75, 3.05) is 6.61 Å². The van der Waals surface area contributed by atoms with Crippen LogP contribution < -0.4 is 0 Å². The molecule has 2 aromatic rings. The molecule has 1 aromatic heterocycles. The first kappa shape index (κ1) is 15.4. The second-order valence-corrected chi connectivity index (χ2v) is 4.37. The molecule has 0 spiro atoms. The van der Waals surface area contributed by atoms with Crippen LogP contribution in [0.1, 0.15) is 31.4 Å². The van der Waals surface area contributed by atoms with Crippen LogP contribution >= 0.6 is 24.0 Å². The van der Waals surface area contributed by atoms with E-state index in [1.165, 1.54) is 22.9 Å². The van der Waals surface area contributed by atoms with Gasteiger partial charge in [0.1, 0.15) is 0 Å². The quantitative estimate of drug-likeness (QED) is 0.627. The number of aliphatic hydroxyl groups excluding tert-OH is 1. The van der Waals surface area contributed by atoms with E-state index < -0.39 is 0 Å². The van der Waals surface area contributed by atoms with Gasteiger partial charge in [0.05, 0.1) is 0 Å². The average molecular weight is 357 g/mol. The van der Waals surface area contributed by atoms with Gasteiger partial charge in [-0.2, -0.15) is 0 Å². The van der Waals surface area contributed by atoms with Crippen molar-refractivity contribution in [3.63, 3.8) is 0 Å². The highest BCUT2D eigenvalue weighted by Gasteiger charge is 2.01. The molecule has 0 bridgehead atoms. The Hall–Kier alpha value is -0.680. The van der Waals surface area contributed by atoms with Crippen molar-refractivity contribution in [3.8, 4) is 0 Å². The molecule has 2 nitrogen and oxygen atoms in total. The number of benzene rings is 1. The fourth-order valence-electron chi connectivity index (χ4n) is 2.14. The molecule has 0 atom stereocenters. The summed E-state index contributed by atoms with van der Waals surface area (Å²) in [5.74, 6) is 0. The van der Waals surface area contributed by atoms with Crippen molar-refractivity contribution in [3.05, 3.63) is 42.2 Å². The lowest BCUT2D eigenvalue weighted by atomic mass is 10.0. The number of aromatic nitrogens is 1. The minimum Gasteiger partial charge on any atom is -0.396 e. The SMILES string of the molecule is I.OCCCCCCc1nccc2ccccc12. The summed E-state index contributed by atoms with van der Waals surface area (Å²) in [6, 6.07) is 10.5. The highest BCUT2D eigenvalue weighted by molar-refractivity contribution is 14.0. The Morgan fingerprint density at radius 2 is 1.72 bits per heavy atom. The number of hydrogen-bond donors (Lipinski definition) is 1. The van der Waals surface area contributed by atoms with Crippen molar-refractivity contribution in [2.45, 2.75) is 32.1 Å². The van der Waals surface area contributed by atoms with E-state index in [0.717, 1.165) is 25.7 Å². The van der Waals surface area contributed by atoms with E-state index in [1.54, 1.807) is 0 Å². The van der Waals surface area contributed by atoms with E-state index in [0.29, 0.717) is 6.61 Å². The molecule has 0 radical (unpaired) electrons.